The number of carbonyl (C=O) groups excluding carboxylic acids is 1. The number of amides is 1. The van der Waals surface area contributed by atoms with Gasteiger partial charge in [0.05, 0.1) is 5.75 Å². The third-order valence-electron chi connectivity index (χ3n) is 3.10. The SMILES string of the molecule is CCSc1nnc(NC(=O)CSc2cccc3cccc(Cl)c23)s1. The second kappa shape index (κ2) is 8.20. The zero-order chi connectivity index (χ0) is 16.9. The molecule has 2 aromatic carbocycles. The standard InChI is InChI=1S/C16H14ClN3OS3/c1-2-22-16-20-19-15(24-16)18-13(21)9-23-12-8-4-6-10-5-3-7-11(17)14(10)12/h3-8H,2,9H2,1H3,(H,18,19,21). The monoisotopic (exact) mass is 395 g/mol. The lowest BCUT2D eigenvalue weighted by atomic mass is 10.1. The molecule has 0 atom stereocenters. The van der Waals surface area contributed by atoms with Crippen LogP contribution in [0.1, 0.15) is 6.92 Å². The van der Waals surface area contributed by atoms with Crippen molar-refractivity contribution in [1.82, 2.24) is 10.2 Å². The van der Waals surface area contributed by atoms with Crippen LogP contribution in [0.2, 0.25) is 5.02 Å². The highest BCUT2D eigenvalue weighted by atomic mass is 35.5. The predicted octanol–water partition coefficient (Wildman–Crippen LogP) is 5.19. The van der Waals surface area contributed by atoms with Crippen molar-refractivity contribution < 1.29 is 4.79 Å². The lowest BCUT2D eigenvalue weighted by Gasteiger charge is -2.07. The molecule has 0 saturated heterocycles. The van der Waals surface area contributed by atoms with Gasteiger partial charge in [-0.15, -0.1) is 22.0 Å². The summed E-state index contributed by atoms with van der Waals surface area (Å²) in [5.41, 5.74) is 0. The molecule has 8 heteroatoms. The number of halogens is 1. The van der Waals surface area contributed by atoms with Gasteiger partial charge in [-0.25, -0.2) is 0 Å². The predicted molar refractivity (Wildman–Crippen MR) is 105 cm³/mol. The molecule has 3 rings (SSSR count). The molecule has 0 saturated carbocycles. The molecule has 1 amide bonds. The zero-order valence-electron chi connectivity index (χ0n) is 12.8. The Bertz CT molecular complexity index is 863. The van der Waals surface area contributed by atoms with E-state index in [1.165, 1.54) is 23.1 Å². The van der Waals surface area contributed by atoms with Gasteiger partial charge in [-0.05, 0) is 23.3 Å². The number of nitrogens with one attached hydrogen (secondary N) is 1. The molecule has 0 fully saturated rings. The van der Waals surface area contributed by atoms with E-state index in [1.54, 1.807) is 11.8 Å². The van der Waals surface area contributed by atoms with Crippen molar-refractivity contribution in [2.75, 3.05) is 16.8 Å². The molecule has 24 heavy (non-hydrogen) atoms. The Balaban J connectivity index is 1.66. The Hall–Kier alpha value is -1.28. The van der Waals surface area contributed by atoms with Crippen molar-refractivity contribution in [2.45, 2.75) is 16.2 Å². The van der Waals surface area contributed by atoms with E-state index in [-0.39, 0.29) is 5.91 Å². The molecule has 3 aromatic rings. The first-order chi connectivity index (χ1) is 11.7. The highest BCUT2D eigenvalue weighted by Gasteiger charge is 2.11. The minimum absolute atomic E-state index is 0.103. The summed E-state index contributed by atoms with van der Waals surface area (Å²) in [5, 5.41) is 14.1. The number of aromatic nitrogens is 2. The summed E-state index contributed by atoms with van der Waals surface area (Å²) in [6, 6.07) is 11.8. The maximum Gasteiger partial charge on any atom is 0.236 e. The summed E-state index contributed by atoms with van der Waals surface area (Å²) in [7, 11) is 0. The summed E-state index contributed by atoms with van der Waals surface area (Å²) < 4.78 is 0.862. The van der Waals surface area contributed by atoms with Gasteiger partial charge in [-0.1, -0.05) is 65.9 Å². The second-order valence-corrected chi connectivity index (χ2v) is 8.65. The molecule has 0 radical (unpaired) electrons. The van der Waals surface area contributed by atoms with E-state index in [9.17, 15) is 4.79 Å². The van der Waals surface area contributed by atoms with Gasteiger partial charge >= 0.3 is 0 Å². The Kier molecular flexibility index (Phi) is 5.99. The topological polar surface area (TPSA) is 54.9 Å². The molecule has 124 valence electrons. The Morgan fingerprint density at radius 3 is 2.79 bits per heavy atom. The highest BCUT2D eigenvalue weighted by molar-refractivity contribution is 8.01. The van der Waals surface area contributed by atoms with Gasteiger partial charge in [0.2, 0.25) is 11.0 Å². The third-order valence-corrected chi connectivity index (χ3v) is 6.32. The summed E-state index contributed by atoms with van der Waals surface area (Å²) in [4.78, 5) is 13.1. The number of rotatable bonds is 6. The normalized spacial score (nSPS) is 10.9. The molecule has 0 aliphatic carbocycles. The van der Waals surface area contributed by atoms with E-state index in [0.29, 0.717) is 15.9 Å². The fourth-order valence-electron chi connectivity index (χ4n) is 2.12. The van der Waals surface area contributed by atoms with Gasteiger partial charge in [-0.2, -0.15) is 0 Å². The summed E-state index contributed by atoms with van der Waals surface area (Å²) >= 11 is 10.8. The number of benzene rings is 2. The molecule has 1 N–H and O–H groups in total. The Morgan fingerprint density at radius 1 is 1.21 bits per heavy atom. The van der Waals surface area contributed by atoms with Crippen molar-refractivity contribution >= 4 is 68.3 Å². The van der Waals surface area contributed by atoms with Gasteiger partial charge in [0, 0.05) is 15.3 Å². The number of thioether (sulfide) groups is 2. The van der Waals surface area contributed by atoms with E-state index in [1.807, 2.05) is 36.4 Å². The molecule has 0 unspecified atom stereocenters. The van der Waals surface area contributed by atoms with E-state index in [4.69, 9.17) is 11.6 Å². The first kappa shape index (κ1) is 17.5. The van der Waals surface area contributed by atoms with Crippen LogP contribution in [0.4, 0.5) is 5.13 Å². The average Bonchev–Trinajstić information content (AvgIpc) is 3.00. The Labute approximate surface area is 157 Å². The second-order valence-electron chi connectivity index (χ2n) is 4.74. The van der Waals surface area contributed by atoms with Crippen molar-refractivity contribution in [3.05, 3.63) is 41.4 Å². The largest absolute Gasteiger partial charge is 0.300 e. The minimum Gasteiger partial charge on any atom is -0.300 e. The molecule has 0 spiro atoms. The number of anilines is 1. The maximum atomic E-state index is 12.1. The van der Waals surface area contributed by atoms with Crippen LogP contribution in [0.15, 0.2) is 45.6 Å². The summed E-state index contributed by atoms with van der Waals surface area (Å²) in [5.74, 6) is 1.12. The lowest BCUT2D eigenvalue weighted by Crippen LogP contribution is -2.13. The number of fused-ring (bicyclic) bond motifs is 1. The molecule has 1 aromatic heterocycles. The van der Waals surface area contributed by atoms with E-state index >= 15 is 0 Å². The number of hydrogen-bond acceptors (Lipinski definition) is 6. The number of carbonyl (C=O) groups is 1. The number of hydrogen-bond donors (Lipinski definition) is 1. The van der Waals surface area contributed by atoms with Crippen LogP contribution >= 0.6 is 46.5 Å². The smallest absolute Gasteiger partial charge is 0.236 e. The van der Waals surface area contributed by atoms with Gasteiger partial charge in [0.25, 0.3) is 0 Å². The van der Waals surface area contributed by atoms with Crippen LogP contribution < -0.4 is 5.32 Å². The molecule has 4 nitrogen and oxygen atoms in total. The van der Waals surface area contributed by atoms with Crippen molar-refractivity contribution in [3.8, 4) is 0 Å². The van der Waals surface area contributed by atoms with Crippen LogP contribution in [0.3, 0.4) is 0 Å². The number of nitrogens with zero attached hydrogens (tertiary/aromatic N) is 2. The maximum absolute atomic E-state index is 12.1. The van der Waals surface area contributed by atoms with E-state index in [2.05, 4.69) is 22.4 Å². The first-order valence-corrected chi connectivity index (χ1v) is 10.4. The van der Waals surface area contributed by atoms with Crippen LogP contribution in [0.5, 0.6) is 0 Å². The molecule has 0 aliphatic rings. The van der Waals surface area contributed by atoms with Gasteiger partial charge in [0.1, 0.15) is 0 Å². The fraction of sp³-hybridized carbons (Fsp3) is 0.188. The van der Waals surface area contributed by atoms with Gasteiger partial charge in [-0.3, -0.25) is 10.1 Å². The summed E-state index contributed by atoms with van der Waals surface area (Å²) in [6.45, 7) is 2.05. The fourth-order valence-corrected chi connectivity index (χ4v) is 5.03. The average molecular weight is 396 g/mol. The molecular weight excluding hydrogens is 382 g/mol. The van der Waals surface area contributed by atoms with E-state index < -0.39 is 0 Å². The minimum atomic E-state index is -0.103. The van der Waals surface area contributed by atoms with Crippen molar-refractivity contribution in [3.63, 3.8) is 0 Å². The highest BCUT2D eigenvalue weighted by Crippen LogP contribution is 2.33. The van der Waals surface area contributed by atoms with Gasteiger partial charge < -0.3 is 0 Å². The van der Waals surface area contributed by atoms with Gasteiger partial charge in [0.15, 0.2) is 4.34 Å². The van der Waals surface area contributed by atoms with Crippen molar-refractivity contribution in [2.24, 2.45) is 0 Å². The van der Waals surface area contributed by atoms with E-state index in [0.717, 1.165) is 25.8 Å². The van der Waals surface area contributed by atoms with Crippen molar-refractivity contribution in [1.29, 1.82) is 0 Å². The molecule has 0 aliphatic heterocycles. The summed E-state index contributed by atoms with van der Waals surface area (Å²) in [6.07, 6.45) is 0. The first-order valence-electron chi connectivity index (χ1n) is 7.23. The molecule has 0 bridgehead atoms. The molecule has 1 heterocycles. The Morgan fingerprint density at radius 2 is 2.00 bits per heavy atom. The quantitative estimate of drug-likeness (QED) is 0.460. The molecular formula is C16H14ClN3OS3. The zero-order valence-corrected chi connectivity index (χ0v) is 16.0. The van der Waals surface area contributed by atoms with Crippen LogP contribution in [-0.4, -0.2) is 27.6 Å². The van der Waals surface area contributed by atoms with Crippen LogP contribution in [-0.2, 0) is 4.79 Å². The van der Waals surface area contributed by atoms with Crippen LogP contribution in [0.25, 0.3) is 10.8 Å². The third kappa shape index (κ3) is 4.22. The van der Waals surface area contributed by atoms with Crippen LogP contribution in [0, 0.1) is 0 Å². The lowest BCUT2D eigenvalue weighted by molar-refractivity contribution is -0.113.